The molecule has 1 aliphatic rings. The molecular formula is C15H16NO3. The molecule has 0 N–H and O–H groups in total. The van der Waals surface area contributed by atoms with Crippen molar-refractivity contribution >= 4 is 5.97 Å². The minimum atomic E-state index is -0.413. The molecule has 0 unspecified atom stereocenters. The van der Waals surface area contributed by atoms with Crippen LogP contribution in [0.2, 0.25) is 0 Å². The van der Waals surface area contributed by atoms with Crippen LogP contribution in [0.25, 0.3) is 0 Å². The highest BCUT2D eigenvalue weighted by Gasteiger charge is 2.12. The van der Waals surface area contributed by atoms with Crippen LogP contribution < -0.4 is 0 Å². The summed E-state index contributed by atoms with van der Waals surface area (Å²) in [6, 6.07) is 7.40. The number of hydrogen-bond donors (Lipinski definition) is 0. The van der Waals surface area contributed by atoms with E-state index in [-0.39, 0.29) is 6.61 Å². The van der Waals surface area contributed by atoms with Crippen LogP contribution in [-0.4, -0.2) is 43.8 Å². The zero-order valence-electron chi connectivity index (χ0n) is 10.7. The fourth-order valence-electron chi connectivity index (χ4n) is 2.00. The quantitative estimate of drug-likeness (QED) is 0.602. The fraction of sp³-hybridized carbons (Fsp3) is 0.400. The Bertz CT molecular complexity index is 473. The summed E-state index contributed by atoms with van der Waals surface area (Å²) in [7, 11) is 0. The minimum Gasteiger partial charge on any atom is -0.449 e. The fourth-order valence-corrected chi connectivity index (χ4v) is 2.00. The Labute approximate surface area is 113 Å². The lowest BCUT2D eigenvalue weighted by molar-refractivity contribution is 0.0341. The van der Waals surface area contributed by atoms with Crippen molar-refractivity contribution in [2.24, 2.45) is 0 Å². The summed E-state index contributed by atoms with van der Waals surface area (Å²) in [4.78, 5) is 14.0. The van der Waals surface area contributed by atoms with E-state index in [0.717, 1.165) is 38.4 Å². The first kappa shape index (κ1) is 13.6. The summed E-state index contributed by atoms with van der Waals surface area (Å²) >= 11 is 0. The third-order valence-electron chi connectivity index (χ3n) is 2.95. The molecule has 1 fully saturated rings. The Morgan fingerprint density at radius 2 is 2.21 bits per heavy atom. The molecule has 0 amide bonds. The van der Waals surface area contributed by atoms with E-state index in [1.54, 1.807) is 6.07 Å². The number of rotatable bonds is 4. The SMILES string of the molecule is [C]#CCOC(=O)c1cccc(CN2CCOCC2)c1. The topological polar surface area (TPSA) is 38.8 Å². The maximum absolute atomic E-state index is 11.7. The number of benzene rings is 1. The lowest BCUT2D eigenvalue weighted by Gasteiger charge is -2.26. The molecule has 4 nitrogen and oxygen atoms in total. The van der Waals surface area contributed by atoms with Crippen molar-refractivity contribution in [1.29, 1.82) is 0 Å². The molecular weight excluding hydrogens is 242 g/mol. The first-order chi connectivity index (χ1) is 9.29. The molecule has 2 rings (SSSR count). The number of ether oxygens (including phenoxy) is 2. The molecule has 1 radical (unpaired) electrons. The van der Waals surface area contributed by atoms with Crippen LogP contribution in [0.5, 0.6) is 0 Å². The third kappa shape index (κ3) is 4.09. The number of nitrogens with zero attached hydrogens (tertiary/aromatic N) is 1. The summed E-state index contributed by atoms with van der Waals surface area (Å²) < 4.78 is 10.2. The van der Waals surface area contributed by atoms with Gasteiger partial charge in [0, 0.05) is 19.6 Å². The predicted octanol–water partition coefficient (Wildman–Crippen LogP) is 1.27. The van der Waals surface area contributed by atoms with Crippen LogP contribution in [0.4, 0.5) is 0 Å². The van der Waals surface area contributed by atoms with Gasteiger partial charge in [0.05, 0.1) is 18.8 Å². The highest BCUT2D eigenvalue weighted by atomic mass is 16.5. The molecule has 1 aromatic carbocycles. The largest absolute Gasteiger partial charge is 0.449 e. The van der Waals surface area contributed by atoms with E-state index in [1.165, 1.54) is 0 Å². The predicted molar refractivity (Wildman–Crippen MR) is 70.0 cm³/mol. The zero-order chi connectivity index (χ0) is 13.5. The zero-order valence-corrected chi connectivity index (χ0v) is 10.7. The van der Waals surface area contributed by atoms with Crippen LogP contribution >= 0.6 is 0 Å². The van der Waals surface area contributed by atoms with Crippen LogP contribution in [0.15, 0.2) is 24.3 Å². The van der Waals surface area contributed by atoms with Gasteiger partial charge in [0.25, 0.3) is 0 Å². The molecule has 0 aliphatic carbocycles. The van der Waals surface area contributed by atoms with E-state index in [4.69, 9.17) is 15.9 Å². The van der Waals surface area contributed by atoms with E-state index < -0.39 is 5.97 Å². The van der Waals surface area contributed by atoms with Crippen LogP contribution in [0, 0.1) is 12.3 Å². The number of carbonyl (C=O) groups excluding carboxylic acids is 1. The maximum Gasteiger partial charge on any atom is 0.339 e. The normalized spacial score (nSPS) is 15.7. The smallest absolute Gasteiger partial charge is 0.339 e. The van der Waals surface area contributed by atoms with Gasteiger partial charge in [-0.15, -0.1) is 0 Å². The Morgan fingerprint density at radius 1 is 1.42 bits per heavy atom. The van der Waals surface area contributed by atoms with Crippen LogP contribution in [0.1, 0.15) is 15.9 Å². The molecule has 0 saturated carbocycles. The van der Waals surface area contributed by atoms with E-state index in [9.17, 15) is 4.79 Å². The van der Waals surface area contributed by atoms with E-state index in [2.05, 4.69) is 4.90 Å². The maximum atomic E-state index is 11.7. The molecule has 1 aromatic rings. The average Bonchev–Trinajstić information content (AvgIpc) is 2.46. The lowest BCUT2D eigenvalue weighted by Crippen LogP contribution is -2.35. The van der Waals surface area contributed by atoms with Gasteiger partial charge in [-0.25, -0.2) is 4.79 Å². The Morgan fingerprint density at radius 3 is 2.95 bits per heavy atom. The van der Waals surface area contributed by atoms with E-state index in [0.29, 0.717) is 5.56 Å². The van der Waals surface area contributed by atoms with Crippen LogP contribution in [0.3, 0.4) is 0 Å². The van der Waals surface area contributed by atoms with E-state index >= 15 is 0 Å². The Hall–Kier alpha value is -1.83. The molecule has 0 atom stereocenters. The summed E-state index contributed by atoms with van der Waals surface area (Å²) in [5.74, 6) is 1.62. The molecule has 99 valence electrons. The van der Waals surface area contributed by atoms with Gasteiger partial charge < -0.3 is 9.47 Å². The molecule has 0 spiro atoms. The third-order valence-corrected chi connectivity index (χ3v) is 2.95. The van der Waals surface area contributed by atoms with Crippen molar-refractivity contribution in [3.8, 4) is 5.92 Å². The average molecular weight is 258 g/mol. The molecule has 1 aliphatic heterocycles. The van der Waals surface area contributed by atoms with Gasteiger partial charge in [-0.05, 0) is 30.0 Å². The van der Waals surface area contributed by atoms with Crippen molar-refractivity contribution in [1.82, 2.24) is 4.90 Å². The highest BCUT2D eigenvalue weighted by Crippen LogP contribution is 2.11. The van der Waals surface area contributed by atoms with Gasteiger partial charge in [0.2, 0.25) is 0 Å². The van der Waals surface area contributed by atoms with Crippen molar-refractivity contribution in [3.63, 3.8) is 0 Å². The minimum absolute atomic E-state index is 0.105. The van der Waals surface area contributed by atoms with E-state index in [1.807, 2.05) is 24.1 Å². The Balaban J connectivity index is 1.98. The van der Waals surface area contributed by atoms with Gasteiger partial charge >= 0.3 is 5.97 Å². The molecule has 0 bridgehead atoms. The van der Waals surface area contributed by atoms with Gasteiger partial charge in [0.1, 0.15) is 0 Å². The summed E-state index contributed by atoms with van der Waals surface area (Å²) in [6.07, 6.45) is 6.73. The molecule has 1 saturated heterocycles. The number of morpholine rings is 1. The van der Waals surface area contributed by atoms with Gasteiger partial charge in [-0.1, -0.05) is 12.1 Å². The van der Waals surface area contributed by atoms with Crippen molar-refractivity contribution in [2.45, 2.75) is 6.54 Å². The number of esters is 1. The lowest BCUT2D eigenvalue weighted by atomic mass is 10.1. The second-order valence-electron chi connectivity index (χ2n) is 4.34. The van der Waals surface area contributed by atoms with Crippen molar-refractivity contribution in [3.05, 3.63) is 41.8 Å². The Kier molecular flexibility index (Phi) is 4.96. The first-order valence-corrected chi connectivity index (χ1v) is 6.25. The molecule has 4 heteroatoms. The van der Waals surface area contributed by atoms with Gasteiger partial charge in [-0.3, -0.25) is 4.90 Å². The number of hydrogen-bond acceptors (Lipinski definition) is 4. The standard InChI is InChI=1S/C15H16NO3/c1-2-8-19-15(17)14-5-3-4-13(11-14)12-16-6-9-18-10-7-16/h3-5,11H,6-10,12H2. The van der Waals surface area contributed by atoms with Crippen LogP contribution in [-0.2, 0) is 16.0 Å². The summed E-state index contributed by atoms with van der Waals surface area (Å²) in [6.45, 7) is 4.05. The first-order valence-electron chi connectivity index (χ1n) is 6.25. The monoisotopic (exact) mass is 258 g/mol. The second kappa shape index (κ2) is 6.93. The molecule has 19 heavy (non-hydrogen) atoms. The number of carbonyl (C=O) groups is 1. The van der Waals surface area contributed by atoms with Gasteiger partial charge in [0.15, 0.2) is 6.61 Å². The van der Waals surface area contributed by atoms with Gasteiger partial charge in [-0.2, -0.15) is 0 Å². The molecule has 0 aromatic heterocycles. The highest BCUT2D eigenvalue weighted by molar-refractivity contribution is 5.89. The summed E-state index contributed by atoms with van der Waals surface area (Å²) in [5.41, 5.74) is 1.59. The molecule has 1 heterocycles. The summed E-state index contributed by atoms with van der Waals surface area (Å²) in [5, 5.41) is 0. The van der Waals surface area contributed by atoms with Crippen molar-refractivity contribution < 1.29 is 14.3 Å². The second-order valence-corrected chi connectivity index (χ2v) is 4.34. The van der Waals surface area contributed by atoms with Crippen molar-refractivity contribution in [2.75, 3.05) is 32.9 Å².